The first-order valence-electron chi connectivity index (χ1n) is 5.65. The quantitative estimate of drug-likeness (QED) is 0.500. The Morgan fingerprint density at radius 1 is 1.47 bits per heavy atom. The number of H-pyrrole nitrogens is 1. The zero-order valence-corrected chi connectivity index (χ0v) is 10.5. The summed E-state index contributed by atoms with van der Waals surface area (Å²) in [5.74, 6) is 0.328. The highest BCUT2D eigenvalue weighted by molar-refractivity contribution is 5.74. The van der Waals surface area contributed by atoms with Crippen LogP contribution >= 0.6 is 0 Å². The van der Waals surface area contributed by atoms with Crippen LogP contribution in [0.4, 0.5) is 5.95 Å². The third-order valence-electron chi connectivity index (χ3n) is 2.83. The van der Waals surface area contributed by atoms with E-state index in [9.17, 15) is 14.7 Å². The summed E-state index contributed by atoms with van der Waals surface area (Å²) >= 11 is 0. The van der Waals surface area contributed by atoms with Crippen LogP contribution in [0.5, 0.6) is 0 Å². The lowest BCUT2D eigenvalue weighted by atomic mass is 10.3. The number of hydrogen-bond donors (Lipinski definition) is 4. The van der Waals surface area contributed by atoms with Gasteiger partial charge in [0.2, 0.25) is 5.95 Å². The summed E-state index contributed by atoms with van der Waals surface area (Å²) < 4.78 is 2.63. The van der Waals surface area contributed by atoms with Crippen molar-refractivity contribution in [1.29, 1.82) is 0 Å². The highest BCUT2D eigenvalue weighted by Crippen LogP contribution is 2.15. The van der Waals surface area contributed by atoms with Crippen LogP contribution in [-0.4, -0.2) is 49.1 Å². The molecular weight excluding hydrogens is 254 g/mol. The van der Waals surface area contributed by atoms with Crippen LogP contribution in [0.15, 0.2) is 9.59 Å². The van der Waals surface area contributed by atoms with Crippen LogP contribution in [0.1, 0.15) is 0 Å². The number of aryl methyl sites for hydroxylation is 1. The maximum Gasteiger partial charge on any atom is 0.329 e. The van der Waals surface area contributed by atoms with E-state index in [1.165, 1.54) is 16.2 Å². The molecule has 9 nitrogen and oxygen atoms in total. The molecule has 2 aromatic heterocycles. The predicted octanol–water partition coefficient (Wildman–Crippen LogP) is -2.18. The molecule has 104 valence electrons. The summed E-state index contributed by atoms with van der Waals surface area (Å²) in [7, 11) is 3.09. The fourth-order valence-electron chi connectivity index (χ4n) is 1.87. The zero-order chi connectivity index (χ0) is 14.2. The molecule has 1 atom stereocenters. The molecule has 2 rings (SSSR count). The number of aliphatic hydroxyl groups excluding tert-OH is 2. The number of hydrogen-bond acceptors (Lipinski definition) is 6. The van der Waals surface area contributed by atoms with E-state index in [1.54, 1.807) is 7.05 Å². The van der Waals surface area contributed by atoms with Gasteiger partial charge in [0.25, 0.3) is 5.56 Å². The minimum Gasteiger partial charge on any atom is -0.394 e. The molecule has 0 bridgehead atoms. The summed E-state index contributed by atoms with van der Waals surface area (Å²) in [6, 6.07) is 0. The van der Waals surface area contributed by atoms with Crippen LogP contribution < -0.4 is 16.6 Å². The molecule has 0 aliphatic rings. The lowest BCUT2D eigenvalue weighted by Crippen LogP contribution is -2.30. The molecule has 0 spiro atoms. The van der Waals surface area contributed by atoms with Crippen molar-refractivity contribution in [3.8, 4) is 0 Å². The van der Waals surface area contributed by atoms with E-state index in [0.717, 1.165) is 0 Å². The second-order valence-electron chi connectivity index (χ2n) is 4.12. The van der Waals surface area contributed by atoms with Crippen molar-refractivity contribution < 1.29 is 10.2 Å². The first kappa shape index (κ1) is 13.3. The predicted molar refractivity (Wildman–Crippen MR) is 68.2 cm³/mol. The van der Waals surface area contributed by atoms with Crippen molar-refractivity contribution in [3.63, 3.8) is 0 Å². The van der Waals surface area contributed by atoms with Crippen molar-refractivity contribution in [2.24, 2.45) is 7.05 Å². The number of fused-ring (bicyclic) bond motifs is 1. The summed E-state index contributed by atoms with van der Waals surface area (Å²) in [5, 5.41) is 21.2. The Bertz CT molecular complexity index is 713. The molecule has 0 unspecified atom stereocenters. The molecule has 0 fully saturated rings. The van der Waals surface area contributed by atoms with Gasteiger partial charge in [0, 0.05) is 14.1 Å². The Kier molecular flexibility index (Phi) is 3.40. The molecule has 4 N–H and O–H groups in total. The Hall–Kier alpha value is -2.13. The molecule has 0 aliphatic carbocycles. The van der Waals surface area contributed by atoms with Gasteiger partial charge in [-0.1, -0.05) is 0 Å². The number of imidazole rings is 1. The van der Waals surface area contributed by atoms with Gasteiger partial charge in [-0.25, -0.2) is 4.79 Å². The molecule has 0 saturated carbocycles. The van der Waals surface area contributed by atoms with Crippen molar-refractivity contribution in [3.05, 3.63) is 20.8 Å². The minimum absolute atomic E-state index is 0.00947. The first-order valence-corrected chi connectivity index (χ1v) is 5.65. The standard InChI is InChI=1S/C10H15N5O4/c1-11-9-12-7-6(15(9)3-5(17)4-16)8(18)13-10(19)14(7)2/h5,16-17H,3-4H2,1-2H3,(H,11,12)(H,13,18,19)/t5-/m0/s1. The van der Waals surface area contributed by atoms with Gasteiger partial charge in [0.15, 0.2) is 11.2 Å². The number of nitrogens with zero attached hydrogens (tertiary/aromatic N) is 3. The average molecular weight is 269 g/mol. The van der Waals surface area contributed by atoms with Gasteiger partial charge in [-0.3, -0.25) is 14.3 Å². The van der Waals surface area contributed by atoms with E-state index < -0.39 is 24.0 Å². The van der Waals surface area contributed by atoms with E-state index in [4.69, 9.17) is 5.11 Å². The molecule has 0 amide bonds. The maximum atomic E-state index is 11.9. The number of anilines is 1. The van der Waals surface area contributed by atoms with Gasteiger partial charge in [-0.2, -0.15) is 4.98 Å². The van der Waals surface area contributed by atoms with E-state index in [-0.39, 0.29) is 17.7 Å². The molecule has 0 saturated heterocycles. The lowest BCUT2D eigenvalue weighted by Gasteiger charge is -2.11. The number of aromatic nitrogens is 4. The molecule has 0 radical (unpaired) electrons. The van der Waals surface area contributed by atoms with Crippen molar-refractivity contribution >= 4 is 17.1 Å². The first-order chi connectivity index (χ1) is 8.99. The van der Waals surface area contributed by atoms with Gasteiger partial charge >= 0.3 is 5.69 Å². The highest BCUT2D eigenvalue weighted by Gasteiger charge is 2.18. The SMILES string of the molecule is CNc1nc2c(c(=O)[nH]c(=O)n2C)n1C[C@H](O)CO. The third kappa shape index (κ3) is 2.13. The summed E-state index contributed by atoms with van der Waals surface area (Å²) in [4.78, 5) is 29.7. The Balaban J connectivity index is 2.78. The molecule has 2 aromatic rings. The van der Waals surface area contributed by atoms with Gasteiger partial charge in [0.1, 0.15) is 0 Å². The van der Waals surface area contributed by atoms with Crippen LogP contribution in [0.3, 0.4) is 0 Å². The molecular formula is C10H15N5O4. The molecule has 19 heavy (non-hydrogen) atoms. The number of aliphatic hydroxyl groups is 2. The second kappa shape index (κ2) is 4.86. The van der Waals surface area contributed by atoms with E-state index in [1.807, 2.05) is 0 Å². The molecule has 0 aliphatic heterocycles. The van der Waals surface area contributed by atoms with Crippen LogP contribution in [0.2, 0.25) is 0 Å². The number of rotatable bonds is 4. The van der Waals surface area contributed by atoms with E-state index in [2.05, 4.69) is 15.3 Å². The topological polar surface area (TPSA) is 125 Å². The zero-order valence-electron chi connectivity index (χ0n) is 10.5. The fraction of sp³-hybridized carbons (Fsp3) is 0.500. The normalized spacial score (nSPS) is 12.8. The minimum atomic E-state index is -1.03. The third-order valence-corrected chi connectivity index (χ3v) is 2.83. The fourth-order valence-corrected chi connectivity index (χ4v) is 1.87. The van der Waals surface area contributed by atoms with Crippen molar-refractivity contribution in [2.75, 3.05) is 19.0 Å². The Labute approximate surface area is 107 Å². The lowest BCUT2D eigenvalue weighted by molar-refractivity contribution is 0.0825. The summed E-state index contributed by atoms with van der Waals surface area (Å²) in [6.45, 7) is -0.447. The monoisotopic (exact) mass is 269 g/mol. The van der Waals surface area contributed by atoms with Crippen LogP contribution in [-0.2, 0) is 13.6 Å². The number of nitrogens with one attached hydrogen (secondary N) is 2. The van der Waals surface area contributed by atoms with Gasteiger partial charge in [-0.15, -0.1) is 0 Å². The molecule has 9 heteroatoms. The smallest absolute Gasteiger partial charge is 0.329 e. The van der Waals surface area contributed by atoms with Crippen molar-refractivity contribution in [1.82, 2.24) is 19.1 Å². The van der Waals surface area contributed by atoms with Gasteiger partial charge in [-0.05, 0) is 0 Å². The van der Waals surface area contributed by atoms with Crippen LogP contribution in [0.25, 0.3) is 11.2 Å². The highest BCUT2D eigenvalue weighted by atomic mass is 16.3. The second-order valence-corrected chi connectivity index (χ2v) is 4.12. The Morgan fingerprint density at radius 3 is 2.74 bits per heavy atom. The van der Waals surface area contributed by atoms with E-state index >= 15 is 0 Å². The molecule has 2 heterocycles. The van der Waals surface area contributed by atoms with Gasteiger partial charge < -0.3 is 20.1 Å². The number of aromatic amines is 1. The van der Waals surface area contributed by atoms with Gasteiger partial charge in [0.05, 0.1) is 19.3 Å². The maximum absolute atomic E-state index is 11.9. The van der Waals surface area contributed by atoms with Crippen LogP contribution in [0, 0.1) is 0 Å². The Morgan fingerprint density at radius 2 is 2.16 bits per heavy atom. The summed E-state index contributed by atoms with van der Waals surface area (Å²) in [6.07, 6.45) is -1.03. The summed E-state index contributed by atoms with van der Waals surface area (Å²) in [5.41, 5.74) is -0.771. The van der Waals surface area contributed by atoms with E-state index in [0.29, 0.717) is 5.95 Å². The largest absolute Gasteiger partial charge is 0.394 e. The van der Waals surface area contributed by atoms with Crippen molar-refractivity contribution in [2.45, 2.75) is 12.6 Å². The average Bonchev–Trinajstić information content (AvgIpc) is 2.75. The molecule has 0 aromatic carbocycles.